The molecule has 8 nitrogen and oxygen atoms in total. The Morgan fingerprint density at radius 3 is 2.45 bits per heavy atom. The largest absolute Gasteiger partial charge is 0.294 e. The van der Waals surface area contributed by atoms with E-state index in [1.165, 1.54) is 0 Å². The first-order chi connectivity index (χ1) is 14.7. The molecular formula is C22H29N3O5S. The van der Waals surface area contributed by atoms with E-state index in [4.69, 9.17) is 5.84 Å². The Kier molecular flexibility index (Phi) is 9.14. The van der Waals surface area contributed by atoms with E-state index in [1.54, 1.807) is 49.4 Å². The molecule has 0 spiro atoms. The van der Waals surface area contributed by atoms with Gasteiger partial charge in [-0.2, -0.15) is 0 Å². The molecule has 0 saturated heterocycles. The third-order valence-corrected chi connectivity index (χ3v) is 6.56. The number of carbonyl (C=O) groups is 3. The lowest BCUT2D eigenvalue weighted by molar-refractivity contribution is -0.123. The number of hydrogen-bond acceptors (Lipinski definition) is 6. The molecule has 0 radical (unpaired) electrons. The molecule has 168 valence electrons. The van der Waals surface area contributed by atoms with Crippen molar-refractivity contribution in [3.63, 3.8) is 0 Å². The molecule has 2 atom stereocenters. The van der Waals surface area contributed by atoms with Crippen LogP contribution in [0.15, 0.2) is 54.1 Å². The van der Waals surface area contributed by atoms with Crippen molar-refractivity contribution in [2.45, 2.75) is 39.0 Å². The van der Waals surface area contributed by atoms with E-state index in [1.807, 2.05) is 11.5 Å². The molecule has 0 saturated carbocycles. The van der Waals surface area contributed by atoms with Crippen molar-refractivity contribution in [3.8, 4) is 0 Å². The van der Waals surface area contributed by atoms with Gasteiger partial charge in [0.2, 0.25) is 21.8 Å². The second kappa shape index (κ2) is 11.6. The normalized spacial score (nSPS) is 16.8. The van der Waals surface area contributed by atoms with Crippen molar-refractivity contribution in [1.29, 1.82) is 0 Å². The van der Waals surface area contributed by atoms with Crippen LogP contribution in [0.1, 0.15) is 49.4 Å². The lowest BCUT2D eigenvalue weighted by Crippen LogP contribution is -2.38. The minimum absolute atomic E-state index is 0.0843. The molecule has 1 aliphatic rings. The number of amides is 2. The highest BCUT2D eigenvalue weighted by Gasteiger charge is 2.27. The summed E-state index contributed by atoms with van der Waals surface area (Å²) in [5.74, 6) is 3.08. The number of benzene rings is 1. The van der Waals surface area contributed by atoms with Crippen molar-refractivity contribution in [2.75, 3.05) is 5.75 Å². The van der Waals surface area contributed by atoms with Gasteiger partial charge in [0.15, 0.2) is 5.78 Å². The first-order valence-electron chi connectivity index (χ1n) is 10.3. The maximum absolute atomic E-state index is 12.5. The van der Waals surface area contributed by atoms with Gasteiger partial charge in [-0.15, -0.1) is 0 Å². The Morgan fingerprint density at radius 1 is 1.13 bits per heavy atom. The quantitative estimate of drug-likeness (QED) is 0.156. The molecule has 0 bridgehead atoms. The minimum atomic E-state index is -3.75. The van der Waals surface area contributed by atoms with E-state index < -0.39 is 21.8 Å². The molecule has 4 N–H and O–H groups in total. The summed E-state index contributed by atoms with van der Waals surface area (Å²) in [5, 5.41) is 0. The maximum atomic E-state index is 12.5. The summed E-state index contributed by atoms with van der Waals surface area (Å²) in [6.45, 7) is 1.67. The van der Waals surface area contributed by atoms with Crippen molar-refractivity contribution in [1.82, 2.24) is 10.1 Å². The highest BCUT2D eigenvalue weighted by molar-refractivity contribution is 7.90. The van der Waals surface area contributed by atoms with Gasteiger partial charge in [0.05, 0.1) is 5.75 Å². The number of hydrazine groups is 1. The van der Waals surface area contributed by atoms with E-state index in [0.29, 0.717) is 36.8 Å². The van der Waals surface area contributed by atoms with Crippen LogP contribution in [0.25, 0.3) is 0 Å². The minimum Gasteiger partial charge on any atom is -0.294 e. The third-order valence-electron chi connectivity index (χ3n) is 5.22. The molecule has 31 heavy (non-hydrogen) atoms. The molecule has 2 amide bonds. The fourth-order valence-corrected chi connectivity index (χ4v) is 4.43. The number of Topliss-reactive ketones (excluding diaryl/α,β-unsaturated/α-hetero) is 1. The first-order valence-corrected chi connectivity index (χ1v) is 11.9. The second-order valence-electron chi connectivity index (χ2n) is 7.57. The number of unbranched alkanes of at least 4 members (excludes halogenated alkanes) is 2. The fourth-order valence-electron chi connectivity index (χ4n) is 3.25. The smallest absolute Gasteiger partial charge is 0.236 e. The molecule has 1 aromatic rings. The maximum Gasteiger partial charge on any atom is 0.236 e. The lowest BCUT2D eigenvalue weighted by atomic mass is 9.84. The number of nitrogens with two attached hydrogens (primary N) is 1. The summed E-state index contributed by atoms with van der Waals surface area (Å²) in [6, 6.07) is 8.93. The first kappa shape index (κ1) is 24.5. The van der Waals surface area contributed by atoms with Crippen LogP contribution < -0.4 is 16.0 Å². The fraction of sp³-hybridized carbons (Fsp3) is 0.409. The number of rotatable bonds is 11. The molecule has 0 fully saturated rings. The molecule has 0 aliphatic heterocycles. The van der Waals surface area contributed by atoms with Gasteiger partial charge >= 0.3 is 0 Å². The Hall–Kier alpha value is -2.78. The van der Waals surface area contributed by atoms with Crippen molar-refractivity contribution < 1.29 is 22.8 Å². The lowest BCUT2D eigenvalue weighted by Gasteiger charge is -2.22. The summed E-state index contributed by atoms with van der Waals surface area (Å²) < 4.78 is 26.5. The number of ketones is 1. The summed E-state index contributed by atoms with van der Waals surface area (Å²) in [6.07, 6.45) is 7.37. The van der Waals surface area contributed by atoms with Gasteiger partial charge in [-0.3, -0.25) is 24.5 Å². The van der Waals surface area contributed by atoms with E-state index in [9.17, 15) is 22.8 Å². The monoisotopic (exact) mass is 447 g/mol. The SMILES string of the molecule is CC(C(=O)NS(=O)(=O)CCCCCC(=O)NN)C1C=CC(C(=O)c2ccccc2)=CC1. The van der Waals surface area contributed by atoms with E-state index in [2.05, 4.69) is 4.72 Å². The van der Waals surface area contributed by atoms with Crippen molar-refractivity contribution >= 4 is 27.6 Å². The summed E-state index contributed by atoms with van der Waals surface area (Å²) in [4.78, 5) is 36.0. The van der Waals surface area contributed by atoms with Gasteiger partial charge in [0, 0.05) is 23.5 Å². The van der Waals surface area contributed by atoms with Crippen LogP contribution in [0.4, 0.5) is 0 Å². The number of nitrogens with one attached hydrogen (secondary N) is 2. The van der Waals surface area contributed by atoms with E-state index in [0.717, 1.165) is 0 Å². The van der Waals surface area contributed by atoms with E-state index in [-0.39, 0.29) is 29.8 Å². The number of sulfonamides is 1. The summed E-state index contributed by atoms with van der Waals surface area (Å²) >= 11 is 0. The van der Waals surface area contributed by atoms with Gasteiger partial charge in [-0.05, 0) is 25.2 Å². The Balaban J connectivity index is 1.81. The average molecular weight is 448 g/mol. The number of carbonyl (C=O) groups excluding carboxylic acids is 3. The zero-order valence-electron chi connectivity index (χ0n) is 17.5. The molecule has 0 heterocycles. The zero-order valence-corrected chi connectivity index (χ0v) is 18.4. The molecular weight excluding hydrogens is 418 g/mol. The van der Waals surface area contributed by atoms with Crippen LogP contribution in [0.5, 0.6) is 0 Å². The average Bonchev–Trinajstić information content (AvgIpc) is 2.78. The predicted octanol–water partition coefficient (Wildman–Crippen LogP) is 2.00. The van der Waals surface area contributed by atoms with Gasteiger partial charge in [0.25, 0.3) is 0 Å². The van der Waals surface area contributed by atoms with Crippen molar-refractivity contribution in [3.05, 3.63) is 59.7 Å². The van der Waals surface area contributed by atoms with Crippen LogP contribution in [0.2, 0.25) is 0 Å². The highest BCUT2D eigenvalue weighted by Crippen LogP contribution is 2.25. The van der Waals surface area contributed by atoms with Gasteiger partial charge in [0.1, 0.15) is 0 Å². The second-order valence-corrected chi connectivity index (χ2v) is 9.41. The number of hydrogen-bond donors (Lipinski definition) is 3. The molecule has 2 rings (SSSR count). The third kappa shape index (κ3) is 7.76. The van der Waals surface area contributed by atoms with E-state index >= 15 is 0 Å². The number of allylic oxidation sites excluding steroid dienone is 4. The summed E-state index contributed by atoms with van der Waals surface area (Å²) in [7, 11) is -3.75. The van der Waals surface area contributed by atoms with Crippen LogP contribution in [-0.4, -0.2) is 31.8 Å². The standard InChI is InChI=1S/C22H29N3O5S/c1-16(22(28)25-31(29,30)15-7-3-6-10-20(26)24-23)17-11-13-19(14-12-17)21(27)18-8-4-2-5-9-18/h2,4-5,8-9,11,13-14,16-17H,3,6-7,10,12,15,23H2,1H3,(H,24,26)(H,25,28). The zero-order chi connectivity index (χ0) is 22.9. The van der Waals surface area contributed by atoms with Crippen LogP contribution in [0.3, 0.4) is 0 Å². The molecule has 1 aromatic carbocycles. The highest BCUT2D eigenvalue weighted by atomic mass is 32.2. The van der Waals surface area contributed by atoms with Crippen LogP contribution >= 0.6 is 0 Å². The Bertz CT molecular complexity index is 955. The Labute approximate surface area is 183 Å². The van der Waals surface area contributed by atoms with Crippen LogP contribution in [0, 0.1) is 11.8 Å². The van der Waals surface area contributed by atoms with Crippen LogP contribution in [-0.2, 0) is 19.6 Å². The van der Waals surface area contributed by atoms with Gasteiger partial charge in [-0.25, -0.2) is 14.3 Å². The topological polar surface area (TPSA) is 135 Å². The molecule has 2 unspecified atom stereocenters. The molecule has 0 aromatic heterocycles. The predicted molar refractivity (Wildman–Crippen MR) is 118 cm³/mol. The molecule has 1 aliphatic carbocycles. The van der Waals surface area contributed by atoms with Gasteiger partial charge in [-0.1, -0.05) is 61.9 Å². The Morgan fingerprint density at radius 2 is 1.84 bits per heavy atom. The summed E-state index contributed by atoms with van der Waals surface area (Å²) in [5.41, 5.74) is 3.17. The van der Waals surface area contributed by atoms with Gasteiger partial charge < -0.3 is 0 Å². The molecule has 9 heteroatoms. The van der Waals surface area contributed by atoms with Crippen molar-refractivity contribution in [2.24, 2.45) is 17.7 Å².